The van der Waals surface area contributed by atoms with Gasteiger partial charge in [-0.15, -0.1) is 0 Å². The summed E-state index contributed by atoms with van der Waals surface area (Å²) in [5, 5.41) is 0. The molecule has 0 saturated carbocycles. The third-order valence-electron chi connectivity index (χ3n) is 2.52. The van der Waals surface area contributed by atoms with Gasteiger partial charge in [0.15, 0.2) is 0 Å². The minimum Gasteiger partial charge on any atom is -0.500 e. The summed E-state index contributed by atoms with van der Waals surface area (Å²) in [4.78, 5) is 25.1. The zero-order chi connectivity index (χ0) is 14.8. The van der Waals surface area contributed by atoms with Crippen molar-refractivity contribution in [3.63, 3.8) is 0 Å². The highest BCUT2D eigenvalue weighted by Crippen LogP contribution is 2.14. The quantitative estimate of drug-likeness (QED) is 0.316. The van der Waals surface area contributed by atoms with Crippen molar-refractivity contribution < 1.29 is 19.1 Å². The largest absolute Gasteiger partial charge is 0.500 e. The number of hydrogen-bond donors (Lipinski definition) is 0. The van der Waals surface area contributed by atoms with Gasteiger partial charge in [0.25, 0.3) is 0 Å². The van der Waals surface area contributed by atoms with Crippen LogP contribution in [-0.4, -0.2) is 31.6 Å². The maximum absolute atomic E-state index is 12.2. The Labute approximate surface area is 118 Å². The molecule has 0 radical (unpaired) electrons. The molecule has 5 heteroatoms. The van der Waals surface area contributed by atoms with Crippen LogP contribution in [0.5, 0.6) is 0 Å². The lowest BCUT2D eigenvalue weighted by atomic mass is 10.2. The van der Waals surface area contributed by atoms with Crippen molar-refractivity contribution in [3.05, 3.63) is 43.2 Å². The molecule has 0 aromatic heterocycles. The summed E-state index contributed by atoms with van der Waals surface area (Å²) in [6.07, 6.45) is 1.04. The van der Waals surface area contributed by atoms with Gasteiger partial charge in [0.2, 0.25) is 5.91 Å². The van der Waals surface area contributed by atoms with E-state index in [0.717, 1.165) is 5.69 Å². The summed E-state index contributed by atoms with van der Waals surface area (Å²) in [6, 6.07) is 9.12. The predicted molar refractivity (Wildman–Crippen MR) is 76.2 cm³/mol. The van der Waals surface area contributed by atoms with Gasteiger partial charge < -0.3 is 14.4 Å². The van der Waals surface area contributed by atoms with E-state index in [2.05, 4.69) is 6.58 Å². The second kappa shape index (κ2) is 8.74. The molecular formula is C15H19NO4. The van der Waals surface area contributed by atoms with E-state index in [1.807, 2.05) is 18.2 Å². The molecule has 0 heterocycles. The maximum Gasteiger partial charge on any atom is 0.315 e. The van der Waals surface area contributed by atoms with E-state index in [1.54, 1.807) is 19.1 Å². The molecule has 0 aliphatic heterocycles. The van der Waals surface area contributed by atoms with Crippen molar-refractivity contribution in [1.82, 2.24) is 0 Å². The van der Waals surface area contributed by atoms with E-state index in [9.17, 15) is 9.59 Å². The molecule has 0 N–H and O–H groups in total. The van der Waals surface area contributed by atoms with Crippen LogP contribution in [0.25, 0.3) is 0 Å². The van der Waals surface area contributed by atoms with Crippen molar-refractivity contribution in [2.45, 2.75) is 13.3 Å². The smallest absolute Gasteiger partial charge is 0.315 e. The zero-order valence-corrected chi connectivity index (χ0v) is 11.6. The highest BCUT2D eigenvalue weighted by molar-refractivity contribution is 6.03. The van der Waals surface area contributed by atoms with E-state index in [0.29, 0.717) is 13.2 Å². The average Bonchev–Trinajstić information content (AvgIpc) is 2.44. The minimum atomic E-state index is -0.525. The Morgan fingerprint density at radius 1 is 1.30 bits per heavy atom. The summed E-state index contributed by atoms with van der Waals surface area (Å²) < 4.78 is 9.83. The van der Waals surface area contributed by atoms with Crippen LogP contribution >= 0.6 is 0 Å². The molecular weight excluding hydrogens is 258 g/mol. The van der Waals surface area contributed by atoms with Gasteiger partial charge >= 0.3 is 5.97 Å². The fourth-order valence-corrected chi connectivity index (χ4v) is 1.66. The monoisotopic (exact) mass is 277 g/mol. The summed E-state index contributed by atoms with van der Waals surface area (Å²) in [5.41, 5.74) is 0.717. The van der Waals surface area contributed by atoms with Crippen LogP contribution in [0.15, 0.2) is 43.2 Å². The van der Waals surface area contributed by atoms with E-state index < -0.39 is 5.97 Å². The second-order valence-corrected chi connectivity index (χ2v) is 3.90. The van der Waals surface area contributed by atoms with Gasteiger partial charge in [-0.1, -0.05) is 24.8 Å². The number of amides is 1. The van der Waals surface area contributed by atoms with Gasteiger partial charge in [-0.3, -0.25) is 9.59 Å². The van der Waals surface area contributed by atoms with Crippen molar-refractivity contribution >= 4 is 17.6 Å². The summed E-state index contributed by atoms with van der Waals surface area (Å²) in [7, 11) is 0. The average molecular weight is 277 g/mol. The Balaban J connectivity index is 2.73. The second-order valence-electron chi connectivity index (χ2n) is 3.90. The van der Waals surface area contributed by atoms with Crippen LogP contribution in [0.2, 0.25) is 0 Å². The Hall–Kier alpha value is -2.30. The zero-order valence-electron chi connectivity index (χ0n) is 11.6. The summed E-state index contributed by atoms with van der Waals surface area (Å²) >= 11 is 0. The number of carbonyl (C=O) groups excluding carboxylic acids is 2. The molecule has 1 aromatic rings. The number of ether oxygens (including phenoxy) is 2. The van der Waals surface area contributed by atoms with E-state index in [4.69, 9.17) is 9.47 Å². The molecule has 1 amide bonds. The fourth-order valence-electron chi connectivity index (χ4n) is 1.66. The van der Waals surface area contributed by atoms with Crippen LogP contribution in [-0.2, 0) is 19.1 Å². The molecule has 108 valence electrons. The van der Waals surface area contributed by atoms with Crippen molar-refractivity contribution in [2.24, 2.45) is 0 Å². The third-order valence-corrected chi connectivity index (χ3v) is 2.52. The number of hydrogen-bond acceptors (Lipinski definition) is 4. The lowest BCUT2D eigenvalue weighted by Gasteiger charge is -2.22. The Kier molecular flexibility index (Phi) is 6.89. The van der Waals surface area contributed by atoms with E-state index in [1.165, 1.54) is 11.2 Å². The molecule has 0 fully saturated rings. The molecule has 0 saturated heterocycles. The molecule has 0 unspecified atom stereocenters. The Morgan fingerprint density at radius 2 is 2.00 bits per heavy atom. The van der Waals surface area contributed by atoms with Crippen LogP contribution in [0, 0.1) is 0 Å². The van der Waals surface area contributed by atoms with Crippen LogP contribution < -0.4 is 4.90 Å². The van der Waals surface area contributed by atoms with Gasteiger partial charge in [-0.05, 0) is 19.1 Å². The highest BCUT2D eigenvalue weighted by Gasteiger charge is 2.19. The summed E-state index contributed by atoms with van der Waals surface area (Å²) in [5.74, 6) is -0.842. The molecule has 1 rings (SSSR count). The number of nitrogens with zero attached hydrogens (tertiary/aromatic N) is 1. The van der Waals surface area contributed by atoms with Gasteiger partial charge in [0.1, 0.15) is 13.0 Å². The topological polar surface area (TPSA) is 55.8 Å². The number of para-hydroxylation sites is 1. The number of rotatable bonds is 8. The fraction of sp³-hybridized carbons (Fsp3) is 0.333. The maximum atomic E-state index is 12.2. The van der Waals surface area contributed by atoms with Gasteiger partial charge in [-0.2, -0.15) is 0 Å². The number of benzene rings is 1. The molecule has 0 spiro atoms. The normalized spacial score (nSPS) is 9.65. The first-order valence-electron chi connectivity index (χ1n) is 6.42. The minimum absolute atomic E-state index is 0.261. The standard InChI is InChI=1S/C15H19NO4/c1-3-19-11-10-16(13-8-6-5-7-9-13)14(17)12-15(18)20-4-2/h3,5-9H,1,4,10-12H2,2H3. The first-order valence-corrected chi connectivity index (χ1v) is 6.42. The first kappa shape index (κ1) is 15.8. The Bertz CT molecular complexity index is 444. The van der Waals surface area contributed by atoms with Crippen LogP contribution in [0.3, 0.4) is 0 Å². The number of carbonyl (C=O) groups is 2. The van der Waals surface area contributed by atoms with Crippen molar-refractivity contribution in [2.75, 3.05) is 24.7 Å². The lowest BCUT2D eigenvalue weighted by Crippen LogP contribution is -2.35. The molecule has 0 aliphatic rings. The molecule has 0 aliphatic carbocycles. The van der Waals surface area contributed by atoms with Crippen LogP contribution in [0.4, 0.5) is 5.69 Å². The SMILES string of the molecule is C=COCCN(C(=O)CC(=O)OCC)c1ccccc1. The molecule has 0 bridgehead atoms. The highest BCUT2D eigenvalue weighted by atomic mass is 16.5. The van der Waals surface area contributed by atoms with Crippen molar-refractivity contribution in [3.8, 4) is 0 Å². The van der Waals surface area contributed by atoms with E-state index in [-0.39, 0.29) is 18.9 Å². The predicted octanol–water partition coefficient (Wildman–Crippen LogP) is 2.13. The Morgan fingerprint density at radius 3 is 2.60 bits per heavy atom. The lowest BCUT2D eigenvalue weighted by molar-refractivity contribution is -0.145. The first-order chi connectivity index (χ1) is 9.69. The number of anilines is 1. The molecule has 20 heavy (non-hydrogen) atoms. The van der Waals surface area contributed by atoms with Gasteiger partial charge in [-0.25, -0.2) is 0 Å². The summed E-state index contributed by atoms with van der Waals surface area (Å²) in [6.45, 7) is 6.07. The molecule has 0 atom stereocenters. The third kappa shape index (κ3) is 5.14. The van der Waals surface area contributed by atoms with Gasteiger partial charge in [0, 0.05) is 5.69 Å². The molecule has 1 aromatic carbocycles. The van der Waals surface area contributed by atoms with E-state index >= 15 is 0 Å². The molecule has 5 nitrogen and oxygen atoms in total. The van der Waals surface area contributed by atoms with Gasteiger partial charge in [0.05, 0.1) is 19.4 Å². The van der Waals surface area contributed by atoms with Crippen LogP contribution in [0.1, 0.15) is 13.3 Å². The number of esters is 1. The van der Waals surface area contributed by atoms with Crippen molar-refractivity contribution in [1.29, 1.82) is 0 Å².